The standard InChI is InChI=1S/C17H17BrN2O2/c1-22-15-7-4-10-17-11-5-2-3-6-12(11)20(18)14(17)9-8-13(21)16(17)19-15/h3-7,9-10,12,16,19H,2,8H2,1H3. The Morgan fingerprint density at radius 3 is 3.14 bits per heavy atom. The fraction of sp³-hybridized carbons (Fsp3) is 0.353. The number of nitrogens with zero attached hydrogens (tertiary/aromatic N) is 1. The number of hydrogen-bond donors (Lipinski definition) is 1. The van der Waals surface area contributed by atoms with Gasteiger partial charge in [0.2, 0.25) is 0 Å². The molecule has 0 bridgehead atoms. The van der Waals surface area contributed by atoms with Crippen molar-refractivity contribution in [1.82, 2.24) is 9.24 Å². The van der Waals surface area contributed by atoms with Crippen molar-refractivity contribution >= 4 is 21.9 Å². The van der Waals surface area contributed by atoms with Gasteiger partial charge >= 0.3 is 0 Å². The Morgan fingerprint density at radius 1 is 1.45 bits per heavy atom. The third-order valence-electron chi connectivity index (χ3n) is 4.87. The molecule has 0 aromatic rings. The number of carbonyl (C=O) groups is 1. The molecular formula is C17H17BrN2O2. The molecule has 0 aromatic carbocycles. The lowest BCUT2D eigenvalue weighted by molar-refractivity contribution is -0.122. The topological polar surface area (TPSA) is 41.6 Å². The van der Waals surface area contributed by atoms with Gasteiger partial charge < -0.3 is 14.0 Å². The van der Waals surface area contributed by atoms with Gasteiger partial charge in [-0.1, -0.05) is 36.5 Å². The number of nitrogens with one attached hydrogen (secondary N) is 1. The first-order chi connectivity index (χ1) is 10.7. The van der Waals surface area contributed by atoms with Crippen LogP contribution in [-0.2, 0) is 9.53 Å². The smallest absolute Gasteiger partial charge is 0.186 e. The second-order valence-electron chi connectivity index (χ2n) is 5.88. The van der Waals surface area contributed by atoms with Gasteiger partial charge in [0, 0.05) is 12.1 Å². The Kier molecular flexibility index (Phi) is 3.08. The number of allylic oxidation sites excluding steroid dienone is 5. The average Bonchev–Trinajstić information content (AvgIpc) is 2.69. The minimum Gasteiger partial charge on any atom is -0.483 e. The van der Waals surface area contributed by atoms with Gasteiger partial charge in [0.15, 0.2) is 11.7 Å². The molecular weight excluding hydrogens is 344 g/mol. The summed E-state index contributed by atoms with van der Waals surface area (Å²) in [5, 5.41) is 3.31. The number of carbonyl (C=O) groups excluding carboxylic acids is 1. The van der Waals surface area contributed by atoms with E-state index in [0.717, 1.165) is 12.1 Å². The first kappa shape index (κ1) is 13.9. The Labute approximate surface area is 138 Å². The van der Waals surface area contributed by atoms with E-state index in [-0.39, 0.29) is 17.9 Å². The summed E-state index contributed by atoms with van der Waals surface area (Å²) in [6, 6.07) is -0.177. The fourth-order valence-electron chi connectivity index (χ4n) is 3.93. The number of hydrogen-bond acceptors (Lipinski definition) is 4. The molecule has 3 unspecified atom stereocenters. The van der Waals surface area contributed by atoms with Crippen LogP contribution in [0.4, 0.5) is 0 Å². The Hall–Kier alpha value is -1.75. The molecule has 5 heteroatoms. The van der Waals surface area contributed by atoms with Crippen molar-refractivity contribution in [3.63, 3.8) is 0 Å². The summed E-state index contributed by atoms with van der Waals surface area (Å²) in [6.45, 7) is 0. The van der Waals surface area contributed by atoms with Crippen LogP contribution in [0.2, 0.25) is 0 Å². The Morgan fingerprint density at radius 2 is 2.32 bits per heavy atom. The average molecular weight is 361 g/mol. The highest BCUT2D eigenvalue weighted by Crippen LogP contribution is 2.56. The fourth-order valence-corrected chi connectivity index (χ4v) is 4.72. The molecule has 4 nitrogen and oxygen atoms in total. The Bertz CT molecular complexity index is 685. The summed E-state index contributed by atoms with van der Waals surface area (Å²) < 4.78 is 7.45. The van der Waals surface area contributed by atoms with Crippen LogP contribution < -0.4 is 5.32 Å². The second kappa shape index (κ2) is 4.88. The van der Waals surface area contributed by atoms with E-state index < -0.39 is 5.41 Å². The van der Waals surface area contributed by atoms with Crippen LogP contribution in [0.3, 0.4) is 0 Å². The van der Waals surface area contributed by atoms with Crippen molar-refractivity contribution < 1.29 is 9.53 Å². The molecule has 22 heavy (non-hydrogen) atoms. The number of ketones is 1. The zero-order chi connectivity index (χ0) is 15.3. The van der Waals surface area contributed by atoms with Gasteiger partial charge in [-0.3, -0.25) is 4.79 Å². The van der Waals surface area contributed by atoms with E-state index in [4.69, 9.17) is 4.74 Å². The van der Waals surface area contributed by atoms with Crippen molar-refractivity contribution in [3.05, 3.63) is 59.7 Å². The lowest BCUT2D eigenvalue weighted by Gasteiger charge is -2.39. The zero-order valence-electron chi connectivity index (χ0n) is 12.3. The maximum atomic E-state index is 12.7. The van der Waals surface area contributed by atoms with E-state index in [1.54, 1.807) is 7.11 Å². The van der Waals surface area contributed by atoms with Gasteiger partial charge in [0.05, 0.1) is 34.7 Å². The van der Waals surface area contributed by atoms with Gasteiger partial charge in [-0.25, -0.2) is 0 Å². The summed E-state index contributed by atoms with van der Waals surface area (Å²) in [6.07, 6.45) is 16.0. The highest BCUT2D eigenvalue weighted by molar-refractivity contribution is 9.07. The van der Waals surface area contributed by atoms with Crippen molar-refractivity contribution in [2.45, 2.75) is 24.9 Å². The van der Waals surface area contributed by atoms with E-state index in [9.17, 15) is 4.79 Å². The van der Waals surface area contributed by atoms with Crippen LogP contribution in [0, 0.1) is 5.41 Å². The normalized spacial score (nSPS) is 35.5. The molecule has 3 atom stereocenters. The summed E-state index contributed by atoms with van der Waals surface area (Å²) in [4.78, 5) is 12.7. The molecule has 0 radical (unpaired) electrons. The molecule has 2 heterocycles. The quantitative estimate of drug-likeness (QED) is 0.576. The highest BCUT2D eigenvalue weighted by Gasteiger charge is 2.58. The molecule has 1 saturated heterocycles. The third kappa shape index (κ3) is 1.66. The number of methoxy groups -OCH3 is 1. The van der Waals surface area contributed by atoms with Gasteiger partial charge in [0.25, 0.3) is 0 Å². The van der Waals surface area contributed by atoms with E-state index in [1.807, 2.05) is 18.2 Å². The minimum atomic E-state index is -0.439. The monoisotopic (exact) mass is 360 g/mol. The number of ether oxygens (including phenoxy) is 1. The van der Waals surface area contributed by atoms with E-state index >= 15 is 0 Å². The van der Waals surface area contributed by atoms with Crippen LogP contribution in [0.25, 0.3) is 0 Å². The van der Waals surface area contributed by atoms with Gasteiger partial charge in [-0.15, -0.1) is 0 Å². The lowest BCUT2D eigenvalue weighted by atomic mass is 9.67. The van der Waals surface area contributed by atoms with Crippen LogP contribution in [-0.4, -0.2) is 28.9 Å². The number of halogens is 1. The molecule has 0 saturated carbocycles. The van der Waals surface area contributed by atoms with Crippen molar-refractivity contribution in [2.24, 2.45) is 5.41 Å². The predicted octanol–water partition coefficient (Wildman–Crippen LogP) is 2.73. The Balaban J connectivity index is 1.91. The summed E-state index contributed by atoms with van der Waals surface area (Å²) in [5.74, 6) is 0.819. The van der Waals surface area contributed by atoms with Crippen molar-refractivity contribution in [2.75, 3.05) is 7.11 Å². The van der Waals surface area contributed by atoms with Crippen LogP contribution in [0.15, 0.2) is 59.7 Å². The van der Waals surface area contributed by atoms with Crippen molar-refractivity contribution in [3.8, 4) is 0 Å². The number of fused-ring (bicyclic) bond motifs is 1. The maximum Gasteiger partial charge on any atom is 0.186 e. The molecule has 0 aromatic heterocycles. The SMILES string of the molecule is COC1=CC=CC23C4=CCC=CC4N(Br)C2=CCC(=O)C3N1. The van der Waals surface area contributed by atoms with Crippen LogP contribution >= 0.6 is 16.1 Å². The highest BCUT2D eigenvalue weighted by atomic mass is 79.9. The van der Waals surface area contributed by atoms with Gasteiger partial charge in [0.1, 0.15) is 6.04 Å². The summed E-state index contributed by atoms with van der Waals surface area (Å²) in [7, 11) is 1.62. The summed E-state index contributed by atoms with van der Waals surface area (Å²) in [5.41, 5.74) is 1.95. The summed E-state index contributed by atoms with van der Waals surface area (Å²) >= 11 is 3.71. The first-order valence-corrected chi connectivity index (χ1v) is 8.15. The number of rotatable bonds is 1. The van der Waals surface area contributed by atoms with Crippen LogP contribution in [0.5, 0.6) is 0 Å². The minimum absolute atomic E-state index is 0.156. The molecule has 2 aliphatic carbocycles. The second-order valence-corrected chi connectivity index (χ2v) is 6.64. The van der Waals surface area contributed by atoms with E-state index in [2.05, 4.69) is 49.7 Å². The van der Waals surface area contributed by atoms with Gasteiger partial charge in [-0.05, 0) is 18.1 Å². The molecule has 1 fully saturated rings. The molecule has 4 rings (SSSR count). The number of Topliss-reactive ketones (excluding diaryl/α,β-unsaturated/α-hetero) is 1. The largest absolute Gasteiger partial charge is 0.483 e. The van der Waals surface area contributed by atoms with Crippen molar-refractivity contribution in [1.29, 1.82) is 0 Å². The van der Waals surface area contributed by atoms with Gasteiger partial charge in [-0.2, -0.15) is 0 Å². The molecule has 2 aliphatic heterocycles. The van der Waals surface area contributed by atoms with Crippen LogP contribution in [0.1, 0.15) is 12.8 Å². The van der Waals surface area contributed by atoms with E-state index in [1.165, 1.54) is 5.57 Å². The predicted molar refractivity (Wildman–Crippen MR) is 87.7 cm³/mol. The van der Waals surface area contributed by atoms with E-state index in [0.29, 0.717) is 12.3 Å². The molecule has 0 amide bonds. The molecule has 1 spiro atoms. The molecule has 114 valence electrons. The maximum absolute atomic E-state index is 12.7. The lowest BCUT2D eigenvalue weighted by Crippen LogP contribution is -2.51. The zero-order valence-corrected chi connectivity index (χ0v) is 13.8. The molecule has 4 aliphatic rings. The molecule has 1 N–H and O–H groups in total. The first-order valence-electron chi connectivity index (χ1n) is 7.44. The third-order valence-corrected chi connectivity index (χ3v) is 5.70.